The molecule has 6 nitrogen and oxygen atoms in total. The summed E-state index contributed by atoms with van der Waals surface area (Å²) in [5.41, 5.74) is -0.919. The molecule has 0 spiro atoms. The Morgan fingerprint density at radius 2 is 2.05 bits per heavy atom. The number of aryl methyl sites for hydroxylation is 1. The molecule has 0 fully saturated rings. The molecule has 0 heterocycles. The van der Waals surface area contributed by atoms with Crippen LogP contribution in [0.1, 0.15) is 25.8 Å². The molecule has 0 amide bonds. The van der Waals surface area contributed by atoms with Crippen molar-refractivity contribution >= 4 is 15.7 Å². The highest BCUT2D eigenvalue weighted by Gasteiger charge is 2.23. The van der Waals surface area contributed by atoms with Crippen molar-refractivity contribution in [3.63, 3.8) is 0 Å². The average molecular weight is 304 g/mol. The molecular formula is C12H17FN2O4S. The topological polar surface area (TPSA) is 89.3 Å². The van der Waals surface area contributed by atoms with Crippen LogP contribution in [0.5, 0.6) is 0 Å². The van der Waals surface area contributed by atoms with Gasteiger partial charge in [-0.25, -0.2) is 13.1 Å². The zero-order chi connectivity index (χ0) is 15.5. The van der Waals surface area contributed by atoms with E-state index in [-0.39, 0.29) is 22.9 Å². The van der Waals surface area contributed by atoms with Crippen molar-refractivity contribution in [2.45, 2.75) is 32.1 Å². The lowest BCUT2D eigenvalue weighted by molar-refractivity contribution is -0.387. The van der Waals surface area contributed by atoms with Crippen LogP contribution in [0.15, 0.2) is 17.0 Å². The lowest BCUT2D eigenvalue weighted by Gasteiger charge is -2.11. The first-order valence-electron chi connectivity index (χ1n) is 6.13. The van der Waals surface area contributed by atoms with Gasteiger partial charge in [0.1, 0.15) is 0 Å². The molecule has 112 valence electrons. The van der Waals surface area contributed by atoms with Crippen molar-refractivity contribution in [3.8, 4) is 0 Å². The third-order valence-electron chi connectivity index (χ3n) is 3.03. The van der Waals surface area contributed by atoms with Gasteiger partial charge in [0.15, 0.2) is 0 Å². The summed E-state index contributed by atoms with van der Waals surface area (Å²) in [6.07, 6.45) is 0.797. The predicted molar refractivity (Wildman–Crippen MR) is 72.4 cm³/mol. The molecule has 1 aromatic carbocycles. The Hall–Kier alpha value is -1.54. The fourth-order valence-electron chi connectivity index (χ4n) is 1.49. The maximum absolute atomic E-state index is 13.5. The van der Waals surface area contributed by atoms with Crippen LogP contribution in [0.4, 0.5) is 10.1 Å². The predicted octanol–water partition coefficient (Wildman–Crippen LogP) is 2.37. The fraction of sp³-hybridized carbons (Fsp3) is 0.500. The van der Waals surface area contributed by atoms with E-state index in [2.05, 4.69) is 4.72 Å². The first-order chi connectivity index (χ1) is 9.19. The summed E-state index contributed by atoms with van der Waals surface area (Å²) in [5, 5.41) is 10.7. The smallest absolute Gasteiger partial charge is 0.258 e. The highest BCUT2D eigenvalue weighted by molar-refractivity contribution is 7.89. The van der Waals surface area contributed by atoms with Crippen molar-refractivity contribution in [2.24, 2.45) is 5.92 Å². The van der Waals surface area contributed by atoms with E-state index in [1.807, 2.05) is 13.8 Å². The van der Waals surface area contributed by atoms with Gasteiger partial charge < -0.3 is 0 Å². The molecule has 1 rings (SSSR count). The molecule has 0 aromatic heterocycles. The molecule has 0 bridgehead atoms. The Morgan fingerprint density at radius 1 is 1.45 bits per heavy atom. The van der Waals surface area contributed by atoms with Crippen LogP contribution in [0.2, 0.25) is 0 Å². The highest BCUT2D eigenvalue weighted by atomic mass is 32.2. The summed E-state index contributed by atoms with van der Waals surface area (Å²) in [4.78, 5) is 9.48. The molecule has 0 saturated heterocycles. The Labute approximate surface area is 117 Å². The van der Waals surface area contributed by atoms with Crippen LogP contribution in [-0.4, -0.2) is 19.9 Å². The summed E-state index contributed by atoms with van der Waals surface area (Å²) in [7, 11) is -3.88. The lowest BCUT2D eigenvalue weighted by Crippen LogP contribution is -2.28. The summed E-state index contributed by atoms with van der Waals surface area (Å²) in [5.74, 6) is -0.878. The van der Waals surface area contributed by atoms with Gasteiger partial charge in [-0.05, 0) is 24.5 Å². The maximum Gasteiger partial charge on any atom is 0.306 e. The van der Waals surface area contributed by atoms with Crippen LogP contribution in [0.25, 0.3) is 0 Å². The van der Waals surface area contributed by atoms with E-state index >= 15 is 0 Å². The molecular weight excluding hydrogens is 287 g/mol. The van der Waals surface area contributed by atoms with Gasteiger partial charge >= 0.3 is 5.69 Å². The number of nitrogens with zero attached hydrogens (tertiary/aromatic N) is 1. The molecule has 8 heteroatoms. The van der Waals surface area contributed by atoms with E-state index in [9.17, 15) is 22.9 Å². The van der Waals surface area contributed by atoms with E-state index in [1.165, 1.54) is 6.92 Å². The molecule has 1 N–H and O–H groups in total. The average Bonchev–Trinajstić information content (AvgIpc) is 2.38. The molecule has 0 radical (unpaired) electrons. The Kier molecular flexibility index (Phi) is 5.18. The summed E-state index contributed by atoms with van der Waals surface area (Å²) in [6.45, 7) is 5.31. The zero-order valence-corrected chi connectivity index (χ0v) is 12.3. The number of nitrogens with one attached hydrogen (secondary N) is 1. The first-order valence-corrected chi connectivity index (χ1v) is 7.61. The number of hydrogen-bond donors (Lipinski definition) is 1. The molecule has 20 heavy (non-hydrogen) atoms. The third-order valence-corrected chi connectivity index (χ3v) is 4.44. The van der Waals surface area contributed by atoms with E-state index in [4.69, 9.17) is 0 Å². The Morgan fingerprint density at radius 3 is 2.55 bits per heavy atom. The van der Waals surface area contributed by atoms with Crippen molar-refractivity contribution in [3.05, 3.63) is 33.6 Å². The van der Waals surface area contributed by atoms with Gasteiger partial charge in [0, 0.05) is 12.6 Å². The number of halogens is 1. The van der Waals surface area contributed by atoms with Gasteiger partial charge in [-0.3, -0.25) is 10.1 Å². The van der Waals surface area contributed by atoms with Crippen LogP contribution >= 0.6 is 0 Å². The van der Waals surface area contributed by atoms with Gasteiger partial charge in [0.2, 0.25) is 15.8 Å². The molecule has 0 aliphatic rings. The normalized spacial score (nSPS) is 13.2. The summed E-state index contributed by atoms with van der Waals surface area (Å²) in [6, 6.07) is 1.82. The third kappa shape index (κ3) is 3.73. The molecule has 0 saturated carbocycles. The van der Waals surface area contributed by atoms with Crippen molar-refractivity contribution < 1.29 is 17.7 Å². The largest absolute Gasteiger partial charge is 0.306 e. The van der Waals surface area contributed by atoms with E-state index < -0.39 is 26.5 Å². The second-order valence-electron chi connectivity index (χ2n) is 4.70. The lowest BCUT2D eigenvalue weighted by atomic mass is 10.1. The van der Waals surface area contributed by atoms with Gasteiger partial charge in [0.25, 0.3) is 0 Å². The number of rotatable bonds is 6. The van der Waals surface area contributed by atoms with Crippen molar-refractivity contribution in [2.75, 3.05) is 6.54 Å². The van der Waals surface area contributed by atoms with E-state index in [0.29, 0.717) is 0 Å². The minimum absolute atomic E-state index is 0.0804. The van der Waals surface area contributed by atoms with Gasteiger partial charge in [-0.1, -0.05) is 20.3 Å². The fourth-order valence-corrected chi connectivity index (χ4v) is 2.76. The van der Waals surface area contributed by atoms with E-state index in [1.54, 1.807) is 0 Å². The minimum Gasteiger partial charge on any atom is -0.258 e. The monoisotopic (exact) mass is 304 g/mol. The number of nitro groups is 1. The molecule has 1 aromatic rings. The van der Waals surface area contributed by atoms with Crippen LogP contribution in [0.3, 0.4) is 0 Å². The number of nitro benzene ring substituents is 1. The minimum atomic E-state index is -3.88. The number of hydrogen-bond acceptors (Lipinski definition) is 4. The van der Waals surface area contributed by atoms with Crippen LogP contribution in [-0.2, 0) is 10.0 Å². The standard InChI is InChI=1S/C12H17FN2O4S/c1-4-8(2)7-14-20(18,19)10-5-9(3)12(13)11(6-10)15(16)17/h5-6,8,14H,4,7H2,1-3H3. The van der Waals surface area contributed by atoms with Crippen molar-refractivity contribution in [1.82, 2.24) is 4.72 Å². The van der Waals surface area contributed by atoms with Gasteiger partial charge in [-0.2, -0.15) is 4.39 Å². The summed E-state index contributed by atoms with van der Waals surface area (Å²) >= 11 is 0. The molecule has 0 aliphatic heterocycles. The van der Waals surface area contributed by atoms with Crippen molar-refractivity contribution in [1.29, 1.82) is 0 Å². The van der Waals surface area contributed by atoms with Gasteiger partial charge in [-0.15, -0.1) is 0 Å². The SMILES string of the molecule is CCC(C)CNS(=O)(=O)c1cc(C)c(F)c([N+](=O)[O-])c1. The highest BCUT2D eigenvalue weighted by Crippen LogP contribution is 2.25. The molecule has 1 unspecified atom stereocenters. The molecule has 1 atom stereocenters. The summed E-state index contributed by atoms with van der Waals surface area (Å²) < 4.78 is 40.0. The first kappa shape index (κ1) is 16.5. The Bertz CT molecular complexity index is 616. The number of sulfonamides is 1. The zero-order valence-electron chi connectivity index (χ0n) is 11.5. The second-order valence-corrected chi connectivity index (χ2v) is 6.46. The van der Waals surface area contributed by atoms with Crippen LogP contribution < -0.4 is 4.72 Å². The number of benzene rings is 1. The maximum atomic E-state index is 13.5. The second kappa shape index (κ2) is 6.27. The van der Waals surface area contributed by atoms with E-state index in [0.717, 1.165) is 18.6 Å². The molecule has 0 aliphatic carbocycles. The quantitative estimate of drug-likeness (QED) is 0.645. The van der Waals surface area contributed by atoms with Crippen LogP contribution in [0, 0.1) is 28.8 Å². The van der Waals surface area contributed by atoms with Gasteiger partial charge in [0.05, 0.1) is 9.82 Å². The Balaban J connectivity index is 3.16.